The number of aryl methyl sites for hydroxylation is 1. The maximum atomic E-state index is 12.6. The van der Waals surface area contributed by atoms with E-state index >= 15 is 0 Å². The van der Waals surface area contributed by atoms with Crippen molar-refractivity contribution >= 4 is 23.2 Å². The van der Waals surface area contributed by atoms with Crippen LogP contribution >= 0.6 is 0 Å². The van der Waals surface area contributed by atoms with Crippen molar-refractivity contribution in [3.05, 3.63) is 48.0 Å². The Morgan fingerprint density at radius 3 is 2.66 bits per heavy atom. The van der Waals surface area contributed by atoms with Crippen LogP contribution in [-0.2, 0) is 9.59 Å². The van der Waals surface area contributed by atoms with E-state index in [0.29, 0.717) is 29.4 Å². The highest BCUT2D eigenvalue weighted by atomic mass is 16.5. The molecule has 1 heterocycles. The second kappa shape index (κ2) is 9.45. The Hall–Kier alpha value is -3.02. The molecule has 6 nitrogen and oxygen atoms in total. The van der Waals surface area contributed by atoms with Gasteiger partial charge in [0.25, 0.3) is 11.8 Å². The number of unbranched alkanes of at least 4 members (excludes halogenated alkanes) is 2. The fourth-order valence-electron chi connectivity index (χ4n) is 3.22. The summed E-state index contributed by atoms with van der Waals surface area (Å²) in [6.45, 7) is 6.43. The SMILES string of the molecule is CCCCCN1C(=O)C(C)Oc2ccc(NC(=O)COc3ccc(C)cc3)cc21. The molecule has 1 aliphatic rings. The summed E-state index contributed by atoms with van der Waals surface area (Å²) in [5, 5.41) is 2.83. The van der Waals surface area contributed by atoms with E-state index in [1.807, 2.05) is 31.2 Å². The lowest BCUT2D eigenvalue weighted by molar-refractivity contribution is -0.125. The molecule has 0 bridgehead atoms. The predicted molar refractivity (Wildman–Crippen MR) is 114 cm³/mol. The van der Waals surface area contributed by atoms with Crippen LogP contribution in [0, 0.1) is 6.92 Å². The van der Waals surface area contributed by atoms with Crippen LogP contribution in [0.4, 0.5) is 11.4 Å². The third-order valence-electron chi connectivity index (χ3n) is 4.83. The number of nitrogens with one attached hydrogen (secondary N) is 1. The molecule has 0 saturated carbocycles. The molecule has 0 saturated heterocycles. The van der Waals surface area contributed by atoms with E-state index in [-0.39, 0.29) is 18.4 Å². The molecule has 0 aliphatic carbocycles. The quantitative estimate of drug-likeness (QED) is 0.675. The van der Waals surface area contributed by atoms with Gasteiger partial charge in [-0.2, -0.15) is 0 Å². The number of hydrogen-bond acceptors (Lipinski definition) is 4. The lowest BCUT2D eigenvalue weighted by Gasteiger charge is -2.33. The van der Waals surface area contributed by atoms with Gasteiger partial charge in [0.05, 0.1) is 5.69 Å². The topological polar surface area (TPSA) is 67.9 Å². The number of ether oxygens (including phenoxy) is 2. The molecule has 2 aromatic rings. The third-order valence-corrected chi connectivity index (χ3v) is 4.83. The molecule has 1 atom stereocenters. The molecular weight excluding hydrogens is 368 g/mol. The van der Waals surface area contributed by atoms with Crippen molar-refractivity contribution in [2.75, 3.05) is 23.4 Å². The smallest absolute Gasteiger partial charge is 0.267 e. The Balaban J connectivity index is 1.67. The first-order valence-corrected chi connectivity index (χ1v) is 10.1. The molecule has 154 valence electrons. The maximum Gasteiger partial charge on any atom is 0.267 e. The van der Waals surface area contributed by atoms with Gasteiger partial charge in [-0.05, 0) is 50.6 Å². The van der Waals surface area contributed by atoms with Gasteiger partial charge in [0.1, 0.15) is 11.5 Å². The standard InChI is InChI=1S/C23H28N2O4/c1-4-5-6-13-25-20-14-18(9-12-21(20)29-17(3)23(25)27)24-22(26)15-28-19-10-7-16(2)8-11-19/h7-12,14,17H,4-6,13,15H2,1-3H3,(H,24,26). The summed E-state index contributed by atoms with van der Waals surface area (Å²) in [5.74, 6) is 0.980. The van der Waals surface area contributed by atoms with E-state index in [1.165, 1.54) is 0 Å². The zero-order valence-corrected chi connectivity index (χ0v) is 17.2. The van der Waals surface area contributed by atoms with Crippen LogP contribution in [0.25, 0.3) is 0 Å². The Labute approximate surface area is 171 Å². The lowest BCUT2D eigenvalue weighted by atomic mass is 10.1. The minimum atomic E-state index is -0.507. The Kier molecular flexibility index (Phi) is 6.75. The van der Waals surface area contributed by atoms with Gasteiger partial charge in [-0.3, -0.25) is 9.59 Å². The van der Waals surface area contributed by atoms with Crippen molar-refractivity contribution in [1.29, 1.82) is 0 Å². The zero-order chi connectivity index (χ0) is 20.8. The number of fused-ring (bicyclic) bond motifs is 1. The molecule has 2 aromatic carbocycles. The van der Waals surface area contributed by atoms with Crippen molar-refractivity contribution in [2.45, 2.75) is 46.1 Å². The number of hydrogen-bond donors (Lipinski definition) is 1. The normalized spacial score (nSPS) is 15.5. The predicted octanol–water partition coefficient (Wildman–Crippen LogP) is 4.32. The summed E-state index contributed by atoms with van der Waals surface area (Å²) >= 11 is 0. The lowest BCUT2D eigenvalue weighted by Crippen LogP contribution is -2.44. The fraction of sp³-hybridized carbons (Fsp3) is 0.391. The van der Waals surface area contributed by atoms with E-state index in [4.69, 9.17) is 9.47 Å². The van der Waals surface area contributed by atoms with E-state index in [0.717, 1.165) is 24.8 Å². The molecule has 1 aliphatic heterocycles. The van der Waals surface area contributed by atoms with Gasteiger partial charge >= 0.3 is 0 Å². The average molecular weight is 396 g/mol. The first-order valence-electron chi connectivity index (χ1n) is 10.1. The molecular formula is C23H28N2O4. The number of rotatable bonds is 8. The molecule has 0 aromatic heterocycles. The minimum absolute atomic E-state index is 0.0558. The molecule has 0 radical (unpaired) electrons. The van der Waals surface area contributed by atoms with Gasteiger partial charge in [0.2, 0.25) is 0 Å². The summed E-state index contributed by atoms with van der Waals surface area (Å²) < 4.78 is 11.3. The van der Waals surface area contributed by atoms with Crippen LogP contribution < -0.4 is 19.7 Å². The van der Waals surface area contributed by atoms with Crippen LogP contribution in [0.5, 0.6) is 11.5 Å². The van der Waals surface area contributed by atoms with E-state index < -0.39 is 6.10 Å². The van der Waals surface area contributed by atoms with Gasteiger partial charge in [-0.1, -0.05) is 37.5 Å². The van der Waals surface area contributed by atoms with E-state index in [2.05, 4.69) is 12.2 Å². The van der Waals surface area contributed by atoms with Crippen LogP contribution in [-0.4, -0.2) is 31.1 Å². The number of benzene rings is 2. The van der Waals surface area contributed by atoms with Gasteiger partial charge in [0, 0.05) is 12.2 Å². The molecule has 1 N–H and O–H groups in total. The Bertz CT molecular complexity index is 864. The Morgan fingerprint density at radius 1 is 1.17 bits per heavy atom. The molecule has 3 rings (SSSR count). The second-order valence-corrected chi connectivity index (χ2v) is 7.29. The van der Waals surface area contributed by atoms with Crippen molar-refractivity contribution in [3.63, 3.8) is 0 Å². The summed E-state index contributed by atoms with van der Waals surface area (Å²) in [4.78, 5) is 26.6. The van der Waals surface area contributed by atoms with Crippen molar-refractivity contribution < 1.29 is 19.1 Å². The summed E-state index contributed by atoms with van der Waals surface area (Å²) in [7, 11) is 0. The monoisotopic (exact) mass is 396 g/mol. The van der Waals surface area contributed by atoms with Crippen molar-refractivity contribution in [3.8, 4) is 11.5 Å². The fourth-order valence-corrected chi connectivity index (χ4v) is 3.22. The first-order chi connectivity index (χ1) is 14.0. The number of carbonyl (C=O) groups excluding carboxylic acids is 2. The highest BCUT2D eigenvalue weighted by Crippen LogP contribution is 2.36. The molecule has 0 fully saturated rings. The number of anilines is 2. The van der Waals surface area contributed by atoms with Gasteiger partial charge < -0.3 is 19.7 Å². The molecule has 29 heavy (non-hydrogen) atoms. The largest absolute Gasteiger partial charge is 0.484 e. The van der Waals surface area contributed by atoms with Gasteiger partial charge in [-0.15, -0.1) is 0 Å². The van der Waals surface area contributed by atoms with E-state index in [1.54, 1.807) is 30.0 Å². The summed E-state index contributed by atoms with van der Waals surface area (Å²) in [6, 6.07) is 12.9. The molecule has 2 amide bonds. The number of carbonyl (C=O) groups is 2. The van der Waals surface area contributed by atoms with Crippen molar-refractivity contribution in [2.24, 2.45) is 0 Å². The second-order valence-electron chi connectivity index (χ2n) is 7.29. The van der Waals surface area contributed by atoms with Gasteiger partial charge in [-0.25, -0.2) is 0 Å². The summed E-state index contributed by atoms with van der Waals surface area (Å²) in [5.41, 5.74) is 2.43. The van der Waals surface area contributed by atoms with Gasteiger partial charge in [0.15, 0.2) is 12.7 Å². The summed E-state index contributed by atoms with van der Waals surface area (Å²) in [6.07, 6.45) is 2.56. The van der Waals surface area contributed by atoms with Crippen LogP contribution in [0.3, 0.4) is 0 Å². The zero-order valence-electron chi connectivity index (χ0n) is 17.2. The van der Waals surface area contributed by atoms with E-state index in [9.17, 15) is 9.59 Å². The number of nitrogens with zero attached hydrogens (tertiary/aromatic N) is 1. The number of amides is 2. The van der Waals surface area contributed by atoms with Crippen molar-refractivity contribution in [1.82, 2.24) is 0 Å². The van der Waals surface area contributed by atoms with Crippen LogP contribution in [0.15, 0.2) is 42.5 Å². The third kappa shape index (κ3) is 5.28. The molecule has 6 heteroatoms. The highest BCUT2D eigenvalue weighted by molar-refractivity contribution is 6.01. The molecule has 1 unspecified atom stereocenters. The maximum absolute atomic E-state index is 12.6. The Morgan fingerprint density at radius 2 is 1.93 bits per heavy atom. The highest BCUT2D eigenvalue weighted by Gasteiger charge is 2.31. The average Bonchev–Trinajstić information content (AvgIpc) is 2.71. The van der Waals surface area contributed by atoms with Crippen LogP contribution in [0.2, 0.25) is 0 Å². The minimum Gasteiger partial charge on any atom is -0.484 e. The van der Waals surface area contributed by atoms with Crippen LogP contribution in [0.1, 0.15) is 38.7 Å². The first kappa shape index (κ1) is 20.7. The molecule has 0 spiro atoms.